The van der Waals surface area contributed by atoms with E-state index in [1.165, 1.54) is 24.9 Å². The average Bonchev–Trinajstić information content (AvgIpc) is 2.70. The van der Waals surface area contributed by atoms with E-state index in [0.717, 1.165) is 11.1 Å². The molecule has 3 atom stereocenters. The molecule has 2 rings (SSSR count). The molecule has 0 fully saturated rings. The molecule has 31 heavy (non-hydrogen) atoms. The Bertz CT molecular complexity index is 938. The van der Waals surface area contributed by atoms with Gasteiger partial charge in [-0.05, 0) is 37.8 Å². The molecule has 0 spiro atoms. The van der Waals surface area contributed by atoms with Crippen LogP contribution in [0.15, 0.2) is 30.5 Å². The second kappa shape index (κ2) is 10.4. The first-order chi connectivity index (χ1) is 14.6. The number of aryl methyl sites for hydroxylation is 2. The number of methoxy groups -OCH3 is 1. The standard InChI is InChI=1S/C25H33NO5/c1-14(2)22(19-12-15(3)8-9-16(19)4)18(6)31-25(29)17(5)13-20(27)23-24(28)21(30-7)10-11-26-23/h8-12,14,17-18,22,28H,13H2,1-7H3/t17-,18+,22-/m1/s1. The van der Waals surface area contributed by atoms with Crippen LogP contribution in [0.1, 0.15) is 67.2 Å². The molecule has 6 nitrogen and oxygen atoms in total. The third-order valence-corrected chi connectivity index (χ3v) is 5.59. The summed E-state index contributed by atoms with van der Waals surface area (Å²) >= 11 is 0. The van der Waals surface area contributed by atoms with Gasteiger partial charge in [0.1, 0.15) is 6.10 Å². The van der Waals surface area contributed by atoms with Crippen LogP contribution in [0.2, 0.25) is 0 Å². The number of nitrogens with zero attached hydrogens (tertiary/aromatic N) is 1. The van der Waals surface area contributed by atoms with Crippen molar-refractivity contribution in [3.8, 4) is 11.5 Å². The van der Waals surface area contributed by atoms with Gasteiger partial charge in [0.2, 0.25) is 0 Å². The van der Waals surface area contributed by atoms with E-state index in [4.69, 9.17) is 9.47 Å². The maximum absolute atomic E-state index is 12.8. The molecule has 1 aromatic carbocycles. The summed E-state index contributed by atoms with van der Waals surface area (Å²) in [5.41, 5.74) is 3.39. The third-order valence-electron chi connectivity index (χ3n) is 5.59. The lowest BCUT2D eigenvalue weighted by Gasteiger charge is -2.30. The van der Waals surface area contributed by atoms with E-state index in [1.807, 2.05) is 13.8 Å². The number of carbonyl (C=O) groups is 2. The summed E-state index contributed by atoms with van der Waals surface area (Å²) < 4.78 is 10.8. The van der Waals surface area contributed by atoms with Crippen molar-refractivity contribution in [2.75, 3.05) is 7.11 Å². The van der Waals surface area contributed by atoms with Gasteiger partial charge in [-0.1, -0.05) is 44.5 Å². The van der Waals surface area contributed by atoms with Crippen LogP contribution in [0.25, 0.3) is 0 Å². The van der Waals surface area contributed by atoms with Gasteiger partial charge in [-0.3, -0.25) is 9.59 Å². The zero-order chi connectivity index (χ0) is 23.3. The average molecular weight is 428 g/mol. The van der Waals surface area contributed by atoms with Gasteiger partial charge in [0.25, 0.3) is 0 Å². The predicted molar refractivity (Wildman–Crippen MR) is 120 cm³/mol. The minimum atomic E-state index is -0.672. The Labute approximate surface area is 184 Å². The summed E-state index contributed by atoms with van der Waals surface area (Å²) in [5.74, 6) is -1.42. The molecule has 0 bridgehead atoms. The van der Waals surface area contributed by atoms with Crippen LogP contribution in [0.3, 0.4) is 0 Å². The summed E-state index contributed by atoms with van der Waals surface area (Å²) in [7, 11) is 1.39. The number of aromatic nitrogens is 1. The largest absolute Gasteiger partial charge is 0.503 e. The number of aromatic hydroxyl groups is 1. The Kier molecular flexibility index (Phi) is 8.20. The molecule has 0 aliphatic carbocycles. The molecule has 0 saturated carbocycles. The molecule has 1 aromatic heterocycles. The monoisotopic (exact) mass is 427 g/mol. The van der Waals surface area contributed by atoms with Crippen molar-refractivity contribution < 1.29 is 24.2 Å². The van der Waals surface area contributed by atoms with Gasteiger partial charge < -0.3 is 14.6 Å². The number of carbonyl (C=O) groups excluding carboxylic acids is 2. The number of rotatable bonds is 9. The molecular formula is C25H33NO5. The van der Waals surface area contributed by atoms with Crippen molar-refractivity contribution in [1.29, 1.82) is 0 Å². The highest BCUT2D eigenvalue weighted by Gasteiger charge is 2.30. The molecule has 2 aromatic rings. The Morgan fingerprint density at radius 2 is 1.77 bits per heavy atom. The van der Waals surface area contributed by atoms with Crippen LogP contribution in [0.4, 0.5) is 0 Å². The lowest BCUT2D eigenvalue weighted by Crippen LogP contribution is -2.30. The van der Waals surface area contributed by atoms with Crippen LogP contribution in [0, 0.1) is 25.7 Å². The summed E-state index contributed by atoms with van der Waals surface area (Å²) in [6.07, 6.45) is 0.914. The predicted octanol–water partition coefficient (Wildman–Crippen LogP) is 4.99. The van der Waals surface area contributed by atoms with E-state index in [0.29, 0.717) is 0 Å². The van der Waals surface area contributed by atoms with Gasteiger partial charge in [-0.15, -0.1) is 0 Å². The van der Waals surface area contributed by atoms with E-state index in [-0.39, 0.29) is 41.6 Å². The number of Topliss-reactive ketones (excluding diaryl/α,β-unsaturated/α-hetero) is 1. The first-order valence-corrected chi connectivity index (χ1v) is 10.6. The first kappa shape index (κ1) is 24.4. The van der Waals surface area contributed by atoms with Crippen LogP contribution >= 0.6 is 0 Å². The topological polar surface area (TPSA) is 85.7 Å². The molecule has 0 amide bonds. The Balaban J connectivity index is 2.12. The minimum absolute atomic E-state index is 0.0378. The van der Waals surface area contributed by atoms with Gasteiger partial charge in [0, 0.05) is 24.6 Å². The zero-order valence-corrected chi connectivity index (χ0v) is 19.4. The van der Waals surface area contributed by atoms with Gasteiger partial charge in [0.15, 0.2) is 23.0 Å². The molecule has 1 heterocycles. The highest BCUT2D eigenvalue weighted by atomic mass is 16.5. The maximum atomic E-state index is 12.8. The van der Waals surface area contributed by atoms with Gasteiger partial charge in [-0.25, -0.2) is 4.98 Å². The fourth-order valence-corrected chi connectivity index (χ4v) is 3.91. The number of hydrogen-bond acceptors (Lipinski definition) is 6. The second-order valence-corrected chi connectivity index (χ2v) is 8.51. The molecule has 1 N–H and O–H groups in total. The van der Waals surface area contributed by atoms with E-state index in [1.54, 1.807) is 6.92 Å². The SMILES string of the molecule is COc1ccnc(C(=O)C[C@@H](C)C(=O)O[C@@H](C)[C@H](c2cc(C)ccc2C)C(C)C)c1O. The number of ketones is 1. The first-order valence-electron chi connectivity index (χ1n) is 10.6. The molecule has 0 saturated heterocycles. The van der Waals surface area contributed by atoms with E-state index < -0.39 is 17.7 Å². The number of ether oxygens (including phenoxy) is 2. The van der Waals surface area contributed by atoms with Gasteiger partial charge in [-0.2, -0.15) is 0 Å². The van der Waals surface area contributed by atoms with Crippen LogP contribution in [0.5, 0.6) is 11.5 Å². The molecule has 0 aliphatic heterocycles. The number of hydrogen-bond donors (Lipinski definition) is 1. The molecule has 0 aliphatic rings. The van der Waals surface area contributed by atoms with Crippen molar-refractivity contribution in [3.05, 3.63) is 52.8 Å². The van der Waals surface area contributed by atoms with E-state index >= 15 is 0 Å². The maximum Gasteiger partial charge on any atom is 0.309 e. The summed E-state index contributed by atoms with van der Waals surface area (Å²) in [5, 5.41) is 10.1. The molecule has 0 radical (unpaired) electrons. The highest BCUT2D eigenvalue weighted by molar-refractivity contribution is 5.99. The van der Waals surface area contributed by atoms with Crippen LogP contribution < -0.4 is 4.74 Å². The van der Waals surface area contributed by atoms with Crippen molar-refractivity contribution in [1.82, 2.24) is 4.98 Å². The van der Waals surface area contributed by atoms with Crippen molar-refractivity contribution >= 4 is 11.8 Å². The lowest BCUT2D eigenvalue weighted by atomic mass is 9.81. The minimum Gasteiger partial charge on any atom is -0.503 e. The zero-order valence-electron chi connectivity index (χ0n) is 19.4. The second-order valence-electron chi connectivity index (χ2n) is 8.51. The Hall–Kier alpha value is -2.89. The number of pyridine rings is 1. The fourth-order valence-electron chi connectivity index (χ4n) is 3.91. The number of benzene rings is 1. The van der Waals surface area contributed by atoms with Gasteiger partial charge >= 0.3 is 5.97 Å². The van der Waals surface area contributed by atoms with Crippen LogP contribution in [-0.2, 0) is 9.53 Å². The third kappa shape index (κ3) is 5.84. The van der Waals surface area contributed by atoms with Crippen molar-refractivity contribution in [2.45, 2.75) is 60.0 Å². The summed E-state index contributed by atoms with van der Waals surface area (Å²) in [6.45, 7) is 11.9. The molecule has 168 valence electrons. The number of esters is 1. The smallest absolute Gasteiger partial charge is 0.309 e. The molecular weight excluding hydrogens is 394 g/mol. The molecule has 0 unspecified atom stereocenters. The summed E-state index contributed by atoms with van der Waals surface area (Å²) in [6, 6.07) is 7.77. The van der Waals surface area contributed by atoms with Crippen molar-refractivity contribution in [2.24, 2.45) is 11.8 Å². The quantitative estimate of drug-likeness (QED) is 0.448. The Morgan fingerprint density at radius 3 is 2.39 bits per heavy atom. The summed E-state index contributed by atoms with van der Waals surface area (Å²) in [4.78, 5) is 29.3. The van der Waals surface area contributed by atoms with Crippen LogP contribution in [-0.4, -0.2) is 35.1 Å². The lowest BCUT2D eigenvalue weighted by molar-refractivity contribution is -0.154. The molecule has 6 heteroatoms. The highest BCUT2D eigenvalue weighted by Crippen LogP contribution is 2.33. The van der Waals surface area contributed by atoms with Gasteiger partial charge in [0.05, 0.1) is 13.0 Å². The van der Waals surface area contributed by atoms with E-state index in [9.17, 15) is 14.7 Å². The normalized spacial score (nSPS) is 14.1. The fraction of sp³-hybridized carbons (Fsp3) is 0.480. The Morgan fingerprint density at radius 1 is 1.10 bits per heavy atom. The van der Waals surface area contributed by atoms with E-state index in [2.05, 4.69) is 44.0 Å². The van der Waals surface area contributed by atoms with Crippen molar-refractivity contribution in [3.63, 3.8) is 0 Å².